The van der Waals surface area contributed by atoms with Gasteiger partial charge in [0.25, 0.3) is 0 Å². The van der Waals surface area contributed by atoms with Crippen molar-refractivity contribution in [2.24, 2.45) is 0 Å². The van der Waals surface area contributed by atoms with Crippen LogP contribution in [0.2, 0.25) is 0 Å². The molecular formula is C9H4F3IN2. The molecule has 2 nitrogen and oxygen atoms in total. The minimum Gasteiger partial charge on any atom is -0.237 e. The molecule has 1 aromatic heterocycles. The van der Waals surface area contributed by atoms with Crippen LogP contribution in [-0.2, 0) is 0 Å². The molecule has 1 heterocycles. The number of nitrogens with zero attached hydrogens (tertiary/aromatic N) is 2. The maximum Gasteiger partial charge on any atom is 0.196 e. The third-order valence-electron chi connectivity index (χ3n) is 1.81. The summed E-state index contributed by atoms with van der Waals surface area (Å²) in [4.78, 5) is 0. The van der Waals surface area contributed by atoms with Gasteiger partial charge in [0.15, 0.2) is 17.5 Å². The van der Waals surface area contributed by atoms with Gasteiger partial charge < -0.3 is 0 Å². The maximum absolute atomic E-state index is 13.3. The number of rotatable bonds is 1. The molecule has 2 aromatic rings. The van der Waals surface area contributed by atoms with Crippen molar-refractivity contribution in [3.05, 3.63) is 45.5 Å². The van der Waals surface area contributed by atoms with Crippen molar-refractivity contribution in [2.75, 3.05) is 0 Å². The van der Waals surface area contributed by atoms with E-state index in [4.69, 9.17) is 0 Å². The van der Waals surface area contributed by atoms with Gasteiger partial charge >= 0.3 is 0 Å². The Bertz CT molecular complexity index is 510. The molecule has 0 spiro atoms. The molecule has 0 saturated carbocycles. The van der Waals surface area contributed by atoms with Crippen LogP contribution in [0.1, 0.15) is 0 Å². The van der Waals surface area contributed by atoms with E-state index in [9.17, 15) is 13.2 Å². The first-order valence-electron chi connectivity index (χ1n) is 3.93. The summed E-state index contributed by atoms with van der Waals surface area (Å²) in [7, 11) is 0. The van der Waals surface area contributed by atoms with Crippen LogP contribution in [0.4, 0.5) is 13.2 Å². The van der Waals surface area contributed by atoms with Gasteiger partial charge in [0, 0.05) is 6.20 Å². The largest absolute Gasteiger partial charge is 0.237 e. The van der Waals surface area contributed by atoms with Gasteiger partial charge in [0.1, 0.15) is 5.69 Å². The van der Waals surface area contributed by atoms with E-state index in [-0.39, 0.29) is 5.69 Å². The van der Waals surface area contributed by atoms with E-state index >= 15 is 0 Å². The zero-order valence-corrected chi connectivity index (χ0v) is 9.37. The topological polar surface area (TPSA) is 17.8 Å². The first kappa shape index (κ1) is 10.5. The summed E-state index contributed by atoms with van der Waals surface area (Å²) in [6.45, 7) is 0. The summed E-state index contributed by atoms with van der Waals surface area (Å²) in [6, 6.07) is 2.00. The van der Waals surface area contributed by atoms with Gasteiger partial charge in [-0.25, -0.2) is 17.9 Å². The fraction of sp³-hybridized carbons (Fsp3) is 0. The summed E-state index contributed by atoms with van der Waals surface area (Å²) in [5.74, 6) is -3.94. The lowest BCUT2D eigenvalue weighted by Crippen LogP contribution is -2.02. The molecule has 1 aromatic carbocycles. The standard InChI is InChI=1S/C9H4F3IN2/c10-6-1-2-7(9(12)8(6)11)15-4-5(13)3-14-15/h1-4H. The third-order valence-corrected chi connectivity index (χ3v) is 2.37. The number of hydrogen-bond donors (Lipinski definition) is 0. The highest BCUT2D eigenvalue weighted by atomic mass is 127. The van der Waals surface area contributed by atoms with Crippen LogP contribution in [0.15, 0.2) is 24.5 Å². The van der Waals surface area contributed by atoms with Crippen LogP contribution in [0.5, 0.6) is 0 Å². The Morgan fingerprint density at radius 3 is 2.47 bits per heavy atom. The van der Waals surface area contributed by atoms with E-state index in [0.717, 1.165) is 20.4 Å². The molecule has 0 radical (unpaired) electrons. The Kier molecular flexibility index (Phi) is 2.68. The second kappa shape index (κ2) is 3.84. The molecule has 0 aliphatic heterocycles. The fourth-order valence-electron chi connectivity index (χ4n) is 1.13. The molecule has 6 heteroatoms. The van der Waals surface area contributed by atoms with E-state index in [1.165, 1.54) is 12.4 Å². The van der Waals surface area contributed by atoms with E-state index in [1.54, 1.807) is 0 Å². The summed E-state index contributed by atoms with van der Waals surface area (Å²) in [5, 5.41) is 3.80. The summed E-state index contributed by atoms with van der Waals surface area (Å²) >= 11 is 1.98. The minimum absolute atomic E-state index is 0.114. The molecule has 0 fully saturated rings. The summed E-state index contributed by atoms with van der Waals surface area (Å²) < 4.78 is 40.7. The molecule has 2 rings (SSSR count). The molecule has 0 aliphatic rings. The Balaban J connectivity index is 2.59. The van der Waals surface area contributed by atoms with Crippen molar-refractivity contribution >= 4 is 22.6 Å². The van der Waals surface area contributed by atoms with Gasteiger partial charge in [0.2, 0.25) is 0 Å². The highest BCUT2D eigenvalue weighted by Gasteiger charge is 2.14. The molecule has 15 heavy (non-hydrogen) atoms. The monoisotopic (exact) mass is 324 g/mol. The molecule has 78 valence electrons. The summed E-state index contributed by atoms with van der Waals surface area (Å²) in [6.07, 6.45) is 3.00. The lowest BCUT2D eigenvalue weighted by Gasteiger charge is -2.03. The quantitative estimate of drug-likeness (QED) is 0.583. The van der Waals surface area contributed by atoms with Gasteiger partial charge in [-0.2, -0.15) is 5.10 Å². The van der Waals surface area contributed by atoms with Gasteiger partial charge in [-0.1, -0.05) is 0 Å². The van der Waals surface area contributed by atoms with Gasteiger partial charge in [-0.15, -0.1) is 0 Å². The number of aromatic nitrogens is 2. The van der Waals surface area contributed by atoms with E-state index in [2.05, 4.69) is 5.10 Å². The molecule has 0 aliphatic carbocycles. The molecular weight excluding hydrogens is 320 g/mol. The molecule has 0 N–H and O–H groups in total. The molecule has 0 amide bonds. The van der Waals surface area contributed by atoms with Crippen LogP contribution in [0.3, 0.4) is 0 Å². The predicted octanol–water partition coefficient (Wildman–Crippen LogP) is 2.89. The van der Waals surface area contributed by atoms with Gasteiger partial charge in [-0.3, -0.25) is 0 Å². The van der Waals surface area contributed by atoms with Crippen LogP contribution >= 0.6 is 22.6 Å². The molecule has 0 bridgehead atoms. The Labute approximate surface area is 96.9 Å². The number of hydrogen-bond acceptors (Lipinski definition) is 1. The Morgan fingerprint density at radius 2 is 1.87 bits per heavy atom. The smallest absolute Gasteiger partial charge is 0.196 e. The highest BCUT2D eigenvalue weighted by Crippen LogP contribution is 2.18. The van der Waals surface area contributed by atoms with Crippen molar-refractivity contribution in [3.8, 4) is 5.69 Å². The summed E-state index contributed by atoms with van der Waals surface area (Å²) in [5.41, 5.74) is -0.114. The van der Waals surface area contributed by atoms with Crippen molar-refractivity contribution < 1.29 is 13.2 Å². The average molecular weight is 324 g/mol. The van der Waals surface area contributed by atoms with Gasteiger partial charge in [-0.05, 0) is 34.7 Å². The predicted molar refractivity (Wildman–Crippen MR) is 56.2 cm³/mol. The Hall–Kier alpha value is -1.05. The van der Waals surface area contributed by atoms with Crippen LogP contribution in [-0.4, -0.2) is 9.78 Å². The minimum atomic E-state index is -1.49. The van der Waals surface area contributed by atoms with Crippen LogP contribution < -0.4 is 0 Å². The lowest BCUT2D eigenvalue weighted by atomic mass is 10.3. The van der Waals surface area contributed by atoms with Crippen LogP contribution in [0, 0.1) is 21.0 Å². The molecule has 0 saturated heterocycles. The van der Waals surface area contributed by atoms with Crippen molar-refractivity contribution in [1.29, 1.82) is 0 Å². The van der Waals surface area contributed by atoms with Crippen molar-refractivity contribution in [1.82, 2.24) is 9.78 Å². The van der Waals surface area contributed by atoms with Crippen molar-refractivity contribution in [3.63, 3.8) is 0 Å². The maximum atomic E-state index is 13.3. The number of halogens is 4. The lowest BCUT2D eigenvalue weighted by molar-refractivity contribution is 0.443. The normalized spacial score (nSPS) is 10.7. The second-order valence-corrected chi connectivity index (χ2v) is 4.04. The van der Waals surface area contributed by atoms with E-state index in [1.807, 2.05) is 22.6 Å². The first-order chi connectivity index (χ1) is 7.09. The molecule has 0 atom stereocenters. The zero-order chi connectivity index (χ0) is 11.0. The Morgan fingerprint density at radius 1 is 1.13 bits per heavy atom. The average Bonchev–Trinajstić information content (AvgIpc) is 2.61. The van der Waals surface area contributed by atoms with E-state index in [0.29, 0.717) is 0 Å². The SMILES string of the molecule is Fc1ccc(-n2cc(I)cn2)c(F)c1F. The zero-order valence-electron chi connectivity index (χ0n) is 7.22. The number of benzene rings is 1. The fourth-order valence-corrected chi connectivity index (χ4v) is 1.51. The third kappa shape index (κ3) is 1.85. The second-order valence-electron chi connectivity index (χ2n) is 2.80. The molecule has 0 unspecified atom stereocenters. The van der Waals surface area contributed by atoms with Crippen LogP contribution in [0.25, 0.3) is 5.69 Å². The van der Waals surface area contributed by atoms with Gasteiger partial charge in [0.05, 0.1) is 9.77 Å². The first-order valence-corrected chi connectivity index (χ1v) is 5.01. The highest BCUT2D eigenvalue weighted by molar-refractivity contribution is 14.1. The van der Waals surface area contributed by atoms with E-state index < -0.39 is 17.5 Å². The van der Waals surface area contributed by atoms with Crippen molar-refractivity contribution in [2.45, 2.75) is 0 Å².